The van der Waals surface area contributed by atoms with E-state index in [-0.39, 0.29) is 31.8 Å². The Balaban J connectivity index is 1.46. The van der Waals surface area contributed by atoms with Gasteiger partial charge in [-0.15, -0.1) is 21.5 Å². The van der Waals surface area contributed by atoms with Gasteiger partial charge in [-0.25, -0.2) is 0 Å². The number of rotatable bonds is 4. The SMILES string of the molecule is O=C(NCc1nnc2n1CC[C@H](C(F)(F)F)C2)C1(c2cccs2)CCCC1. The fourth-order valence-electron chi connectivity index (χ4n) is 4.24. The average molecular weight is 398 g/mol. The molecule has 146 valence electrons. The minimum absolute atomic E-state index is 0.0224. The molecule has 0 radical (unpaired) electrons. The van der Waals surface area contributed by atoms with Gasteiger partial charge in [-0.05, 0) is 30.7 Å². The predicted molar refractivity (Wildman–Crippen MR) is 94.2 cm³/mol. The first-order valence-corrected chi connectivity index (χ1v) is 10.1. The lowest BCUT2D eigenvalue weighted by molar-refractivity contribution is -0.179. The molecule has 9 heteroatoms. The van der Waals surface area contributed by atoms with E-state index in [9.17, 15) is 18.0 Å². The van der Waals surface area contributed by atoms with Crippen molar-refractivity contribution in [3.63, 3.8) is 0 Å². The normalized spacial score (nSPS) is 21.8. The Bertz CT molecular complexity index is 809. The zero-order valence-electron chi connectivity index (χ0n) is 14.8. The number of halogens is 3. The van der Waals surface area contributed by atoms with Gasteiger partial charge in [-0.2, -0.15) is 13.2 Å². The van der Waals surface area contributed by atoms with Crippen LogP contribution in [0.1, 0.15) is 48.6 Å². The molecular formula is C18H21F3N4OS. The molecule has 0 aromatic carbocycles. The number of carbonyl (C=O) groups excluding carboxylic acids is 1. The van der Waals surface area contributed by atoms with Gasteiger partial charge in [0.1, 0.15) is 5.82 Å². The van der Waals surface area contributed by atoms with Crippen LogP contribution in [0.2, 0.25) is 0 Å². The van der Waals surface area contributed by atoms with Crippen molar-refractivity contribution < 1.29 is 18.0 Å². The van der Waals surface area contributed by atoms with Gasteiger partial charge in [0.15, 0.2) is 5.82 Å². The molecule has 2 aliphatic rings. The van der Waals surface area contributed by atoms with Crippen LogP contribution in [-0.4, -0.2) is 26.8 Å². The van der Waals surface area contributed by atoms with Gasteiger partial charge in [0.2, 0.25) is 5.91 Å². The Morgan fingerprint density at radius 2 is 2.11 bits per heavy atom. The molecule has 0 spiro atoms. The summed E-state index contributed by atoms with van der Waals surface area (Å²) in [5.74, 6) is -0.513. The van der Waals surface area contributed by atoms with Crippen molar-refractivity contribution in [2.75, 3.05) is 0 Å². The lowest BCUT2D eigenvalue weighted by Gasteiger charge is -2.27. The summed E-state index contributed by atoms with van der Waals surface area (Å²) in [5.41, 5.74) is -0.486. The van der Waals surface area contributed by atoms with Crippen molar-refractivity contribution >= 4 is 17.2 Å². The van der Waals surface area contributed by atoms with Crippen LogP contribution in [0, 0.1) is 5.92 Å². The first-order chi connectivity index (χ1) is 12.9. The number of thiophene rings is 1. The largest absolute Gasteiger partial charge is 0.392 e. The third-order valence-corrected chi connectivity index (χ3v) is 6.86. The standard InChI is InChI=1S/C18H21F3N4OS/c19-18(20,21)12-5-8-25-14(10-12)23-24-15(25)11-22-16(26)17(6-1-2-7-17)13-4-3-9-27-13/h3-4,9,12H,1-2,5-8,10-11H2,(H,22,26)/t12-/m0/s1. The van der Waals surface area contributed by atoms with E-state index in [1.165, 1.54) is 0 Å². The molecule has 5 nitrogen and oxygen atoms in total. The molecule has 27 heavy (non-hydrogen) atoms. The van der Waals surface area contributed by atoms with E-state index in [0.29, 0.717) is 11.6 Å². The van der Waals surface area contributed by atoms with Crippen LogP contribution < -0.4 is 5.32 Å². The zero-order chi connectivity index (χ0) is 19.1. The van der Waals surface area contributed by atoms with Gasteiger partial charge in [0.05, 0.1) is 17.9 Å². The summed E-state index contributed by atoms with van der Waals surface area (Å²) in [6, 6.07) is 3.96. The highest BCUT2D eigenvalue weighted by atomic mass is 32.1. The molecular weight excluding hydrogens is 377 g/mol. The molecule has 1 saturated carbocycles. The van der Waals surface area contributed by atoms with Crippen LogP contribution in [0.3, 0.4) is 0 Å². The van der Waals surface area contributed by atoms with Crippen LogP contribution in [0.4, 0.5) is 13.2 Å². The fourth-order valence-corrected chi connectivity index (χ4v) is 5.23. The van der Waals surface area contributed by atoms with Gasteiger partial charge in [-0.3, -0.25) is 4.79 Å². The number of fused-ring (bicyclic) bond motifs is 1. The minimum Gasteiger partial charge on any atom is -0.348 e. The number of nitrogens with one attached hydrogen (secondary N) is 1. The second kappa shape index (κ2) is 6.92. The van der Waals surface area contributed by atoms with Crippen LogP contribution in [0.15, 0.2) is 17.5 Å². The first-order valence-electron chi connectivity index (χ1n) is 9.20. The van der Waals surface area contributed by atoms with Gasteiger partial charge >= 0.3 is 6.18 Å². The number of amides is 1. The summed E-state index contributed by atoms with van der Waals surface area (Å²) in [6.07, 6.45) is -0.649. The Morgan fingerprint density at radius 3 is 2.78 bits per heavy atom. The molecule has 2 aromatic heterocycles. The second-order valence-corrected chi connectivity index (χ2v) is 8.31. The maximum absolute atomic E-state index is 13.0. The van der Waals surface area contributed by atoms with Crippen molar-refractivity contribution in [1.29, 1.82) is 0 Å². The molecule has 1 aliphatic carbocycles. The van der Waals surface area contributed by atoms with Crippen molar-refractivity contribution in [1.82, 2.24) is 20.1 Å². The number of hydrogen-bond acceptors (Lipinski definition) is 4. The van der Waals surface area contributed by atoms with Crippen LogP contribution in [-0.2, 0) is 29.7 Å². The van der Waals surface area contributed by atoms with E-state index >= 15 is 0 Å². The molecule has 0 unspecified atom stereocenters. The molecule has 1 fully saturated rings. The first kappa shape index (κ1) is 18.5. The van der Waals surface area contributed by atoms with Crippen LogP contribution >= 0.6 is 11.3 Å². The van der Waals surface area contributed by atoms with Crippen LogP contribution in [0.5, 0.6) is 0 Å². The van der Waals surface area contributed by atoms with E-state index < -0.39 is 17.5 Å². The van der Waals surface area contributed by atoms with E-state index in [1.807, 2.05) is 17.5 Å². The Morgan fingerprint density at radius 1 is 1.33 bits per heavy atom. The highest BCUT2D eigenvalue weighted by Gasteiger charge is 2.44. The highest BCUT2D eigenvalue weighted by molar-refractivity contribution is 7.10. The minimum atomic E-state index is -4.21. The quantitative estimate of drug-likeness (QED) is 0.856. The molecule has 4 rings (SSSR count). The maximum atomic E-state index is 13.0. The molecule has 2 aromatic rings. The topological polar surface area (TPSA) is 59.8 Å². The Kier molecular flexibility index (Phi) is 4.73. The number of alkyl halides is 3. The summed E-state index contributed by atoms with van der Waals surface area (Å²) in [6.45, 7) is 0.420. The van der Waals surface area contributed by atoms with Gasteiger partial charge in [0, 0.05) is 17.8 Å². The summed E-state index contributed by atoms with van der Waals surface area (Å²) in [5, 5.41) is 12.9. The van der Waals surface area contributed by atoms with Gasteiger partial charge < -0.3 is 9.88 Å². The molecule has 0 bridgehead atoms. The Hall–Kier alpha value is -1.90. The van der Waals surface area contributed by atoms with E-state index in [2.05, 4.69) is 15.5 Å². The monoisotopic (exact) mass is 398 g/mol. The summed E-state index contributed by atoms with van der Waals surface area (Å²) in [4.78, 5) is 14.1. The van der Waals surface area contributed by atoms with E-state index in [0.717, 1.165) is 30.6 Å². The Labute approximate surface area is 159 Å². The summed E-state index contributed by atoms with van der Waals surface area (Å²) >= 11 is 1.60. The number of carbonyl (C=O) groups is 1. The lowest BCUT2D eigenvalue weighted by Crippen LogP contribution is -2.42. The smallest absolute Gasteiger partial charge is 0.348 e. The van der Waals surface area contributed by atoms with Crippen molar-refractivity contribution in [2.45, 2.75) is 63.2 Å². The predicted octanol–water partition coefficient (Wildman–Crippen LogP) is 3.59. The van der Waals surface area contributed by atoms with Crippen molar-refractivity contribution in [3.8, 4) is 0 Å². The highest BCUT2D eigenvalue weighted by Crippen LogP contribution is 2.43. The van der Waals surface area contributed by atoms with Gasteiger partial charge in [-0.1, -0.05) is 18.9 Å². The lowest BCUT2D eigenvalue weighted by atomic mass is 9.83. The maximum Gasteiger partial charge on any atom is 0.392 e. The summed E-state index contributed by atoms with van der Waals surface area (Å²) in [7, 11) is 0. The number of aromatic nitrogens is 3. The molecule has 0 saturated heterocycles. The van der Waals surface area contributed by atoms with Crippen molar-refractivity contribution in [3.05, 3.63) is 34.0 Å². The van der Waals surface area contributed by atoms with E-state index in [4.69, 9.17) is 0 Å². The third-order valence-electron chi connectivity index (χ3n) is 5.79. The molecule has 1 N–H and O–H groups in total. The molecule has 3 heterocycles. The second-order valence-electron chi connectivity index (χ2n) is 7.36. The number of hydrogen-bond donors (Lipinski definition) is 1. The van der Waals surface area contributed by atoms with E-state index in [1.54, 1.807) is 15.9 Å². The zero-order valence-corrected chi connectivity index (χ0v) is 15.6. The van der Waals surface area contributed by atoms with Crippen molar-refractivity contribution in [2.24, 2.45) is 5.92 Å². The van der Waals surface area contributed by atoms with Gasteiger partial charge in [0.25, 0.3) is 0 Å². The average Bonchev–Trinajstić information content (AvgIpc) is 3.38. The molecule has 1 amide bonds. The molecule has 1 atom stereocenters. The fraction of sp³-hybridized carbons (Fsp3) is 0.611. The number of nitrogens with zero attached hydrogens (tertiary/aromatic N) is 3. The third kappa shape index (κ3) is 3.37. The summed E-state index contributed by atoms with van der Waals surface area (Å²) < 4.78 is 40.5. The van der Waals surface area contributed by atoms with Crippen LogP contribution in [0.25, 0.3) is 0 Å². The molecule has 1 aliphatic heterocycles.